The maximum Gasteiger partial charge on any atom is 0.331 e. The molecule has 1 amide bonds. The Morgan fingerprint density at radius 2 is 2.05 bits per heavy atom. The van der Waals surface area contributed by atoms with E-state index in [0.717, 1.165) is 29.1 Å². The van der Waals surface area contributed by atoms with E-state index >= 15 is 0 Å². The lowest BCUT2D eigenvalue weighted by Crippen LogP contribution is -2.19. The lowest BCUT2D eigenvalue weighted by atomic mass is 10.1. The summed E-state index contributed by atoms with van der Waals surface area (Å²) in [5.74, 6) is -0.977. The van der Waals surface area contributed by atoms with Crippen LogP contribution in [-0.4, -0.2) is 29.9 Å². The number of methoxy groups -OCH3 is 1. The fraction of sp³-hybridized carbons (Fsp3) is 0.143. The van der Waals surface area contributed by atoms with Crippen LogP contribution in [0, 0.1) is 0 Å². The standard InChI is InChI=1S/C14H13N3O3S/c1-9(10-6-4-3-5-7-10)16-17-14-15-13(19)11(21-14)8-12(18)20-2/h3-8H,1-2H3,(H,15,17,19)/b11-8-,16-9+. The summed E-state index contributed by atoms with van der Waals surface area (Å²) in [7, 11) is 1.25. The number of nitrogens with one attached hydrogen (secondary N) is 1. The molecule has 1 aliphatic heterocycles. The zero-order valence-electron chi connectivity index (χ0n) is 11.5. The van der Waals surface area contributed by atoms with Gasteiger partial charge in [-0.3, -0.25) is 10.1 Å². The van der Waals surface area contributed by atoms with Crippen molar-refractivity contribution in [2.75, 3.05) is 7.11 Å². The molecule has 1 saturated heterocycles. The summed E-state index contributed by atoms with van der Waals surface area (Å²) in [6.07, 6.45) is 1.12. The second kappa shape index (κ2) is 6.85. The summed E-state index contributed by atoms with van der Waals surface area (Å²) >= 11 is 1.04. The lowest BCUT2D eigenvalue weighted by molar-refractivity contribution is -0.135. The number of thioether (sulfide) groups is 1. The van der Waals surface area contributed by atoms with E-state index < -0.39 is 11.9 Å². The number of rotatable bonds is 3. The number of ether oxygens (including phenoxy) is 1. The van der Waals surface area contributed by atoms with Gasteiger partial charge in [0.2, 0.25) is 0 Å². The van der Waals surface area contributed by atoms with Gasteiger partial charge >= 0.3 is 5.97 Å². The highest BCUT2D eigenvalue weighted by atomic mass is 32.2. The monoisotopic (exact) mass is 303 g/mol. The first kappa shape index (κ1) is 15.0. The number of nitrogens with zero attached hydrogens (tertiary/aromatic N) is 2. The molecule has 21 heavy (non-hydrogen) atoms. The fourth-order valence-corrected chi connectivity index (χ4v) is 2.23. The Kier molecular flexibility index (Phi) is 4.89. The highest BCUT2D eigenvalue weighted by molar-refractivity contribution is 8.18. The number of hydrogen-bond donors (Lipinski definition) is 1. The number of carbonyl (C=O) groups excluding carboxylic acids is 2. The molecule has 0 bridgehead atoms. The minimum Gasteiger partial charge on any atom is -0.466 e. The summed E-state index contributed by atoms with van der Waals surface area (Å²) in [6, 6.07) is 9.57. The van der Waals surface area contributed by atoms with Gasteiger partial charge in [0.05, 0.1) is 17.7 Å². The molecule has 108 valence electrons. The summed E-state index contributed by atoms with van der Waals surface area (Å²) < 4.78 is 4.48. The van der Waals surface area contributed by atoms with Crippen LogP contribution >= 0.6 is 11.8 Å². The number of hydrogen-bond acceptors (Lipinski definition) is 6. The highest BCUT2D eigenvalue weighted by Crippen LogP contribution is 2.23. The molecule has 1 aliphatic rings. The topological polar surface area (TPSA) is 80.1 Å². The van der Waals surface area contributed by atoms with E-state index in [0.29, 0.717) is 5.17 Å². The van der Waals surface area contributed by atoms with Gasteiger partial charge in [0, 0.05) is 6.08 Å². The van der Waals surface area contributed by atoms with Crippen LogP contribution in [0.5, 0.6) is 0 Å². The van der Waals surface area contributed by atoms with Gasteiger partial charge in [-0.1, -0.05) is 30.3 Å². The average Bonchev–Trinajstić information content (AvgIpc) is 2.85. The fourth-order valence-electron chi connectivity index (χ4n) is 1.50. The van der Waals surface area contributed by atoms with Gasteiger partial charge < -0.3 is 4.74 Å². The van der Waals surface area contributed by atoms with Crippen LogP contribution < -0.4 is 5.32 Å². The first-order valence-corrected chi connectivity index (χ1v) is 6.88. The smallest absolute Gasteiger partial charge is 0.331 e. The van der Waals surface area contributed by atoms with Crippen molar-refractivity contribution >= 4 is 34.5 Å². The SMILES string of the molecule is COC(=O)/C=C1\S/C(=N\N=C(/C)c2ccccc2)NC1=O. The molecule has 0 saturated carbocycles. The third kappa shape index (κ3) is 4.03. The van der Waals surface area contributed by atoms with Crippen LogP contribution in [0.25, 0.3) is 0 Å². The van der Waals surface area contributed by atoms with Crippen LogP contribution in [0.2, 0.25) is 0 Å². The largest absolute Gasteiger partial charge is 0.466 e. The second-order valence-electron chi connectivity index (χ2n) is 4.04. The van der Waals surface area contributed by atoms with E-state index in [1.165, 1.54) is 7.11 Å². The van der Waals surface area contributed by atoms with E-state index in [4.69, 9.17) is 0 Å². The average molecular weight is 303 g/mol. The summed E-state index contributed by atoms with van der Waals surface area (Å²) in [5, 5.41) is 10.9. The number of amidine groups is 1. The predicted molar refractivity (Wildman–Crippen MR) is 81.9 cm³/mol. The third-order valence-electron chi connectivity index (χ3n) is 2.58. The van der Waals surface area contributed by atoms with Crippen molar-refractivity contribution in [2.45, 2.75) is 6.92 Å². The Labute approximate surface area is 126 Å². The Hall–Kier alpha value is -2.41. The van der Waals surface area contributed by atoms with Crippen LogP contribution in [0.15, 0.2) is 51.5 Å². The summed E-state index contributed by atoms with van der Waals surface area (Å²) in [4.78, 5) is 23.0. The van der Waals surface area contributed by atoms with E-state index in [2.05, 4.69) is 20.3 Å². The van der Waals surface area contributed by atoms with E-state index in [1.807, 2.05) is 37.3 Å². The summed E-state index contributed by atoms with van der Waals surface area (Å²) in [5.41, 5.74) is 1.67. The van der Waals surface area contributed by atoms with Gasteiger partial charge in [0.15, 0.2) is 5.17 Å². The molecule has 0 radical (unpaired) electrons. The van der Waals surface area contributed by atoms with Gasteiger partial charge in [0.25, 0.3) is 5.91 Å². The Morgan fingerprint density at radius 3 is 2.71 bits per heavy atom. The van der Waals surface area contributed by atoms with Crippen LogP contribution in [0.1, 0.15) is 12.5 Å². The molecular weight excluding hydrogens is 290 g/mol. The molecule has 0 aromatic heterocycles. The van der Waals surface area contributed by atoms with Crippen molar-refractivity contribution in [3.05, 3.63) is 46.9 Å². The zero-order valence-corrected chi connectivity index (χ0v) is 12.3. The molecule has 0 spiro atoms. The minimum atomic E-state index is -0.585. The molecule has 7 heteroatoms. The van der Waals surface area contributed by atoms with Gasteiger partial charge in [0.1, 0.15) is 0 Å². The molecular formula is C14H13N3O3S. The minimum absolute atomic E-state index is 0.230. The van der Waals surface area contributed by atoms with E-state index in [9.17, 15) is 9.59 Å². The molecule has 1 fully saturated rings. The predicted octanol–water partition coefficient (Wildman–Crippen LogP) is 1.69. The molecule has 0 atom stereocenters. The highest BCUT2D eigenvalue weighted by Gasteiger charge is 2.25. The summed E-state index contributed by atoms with van der Waals surface area (Å²) in [6.45, 7) is 1.83. The van der Waals surface area contributed by atoms with Crippen LogP contribution in [-0.2, 0) is 14.3 Å². The van der Waals surface area contributed by atoms with E-state index in [1.54, 1.807) is 0 Å². The van der Waals surface area contributed by atoms with Crippen molar-refractivity contribution in [2.24, 2.45) is 10.2 Å². The van der Waals surface area contributed by atoms with Crippen LogP contribution in [0.3, 0.4) is 0 Å². The second-order valence-corrected chi connectivity index (χ2v) is 5.08. The maximum absolute atomic E-state index is 11.6. The molecule has 1 N–H and O–H groups in total. The zero-order chi connectivity index (χ0) is 15.2. The van der Waals surface area contributed by atoms with E-state index in [-0.39, 0.29) is 4.91 Å². The first-order valence-electron chi connectivity index (χ1n) is 6.06. The van der Waals surface area contributed by atoms with Crippen molar-refractivity contribution in [1.29, 1.82) is 0 Å². The third-order valence-corrected chi connectivity index (χ3v) is 3.48. The number of amides is 1. The van der Waals surface area contributed by atoms with Crippen molar-refractivity contribution in [3.8, 4) is 0 Å². The van der Waals surface area contributed by atoms with Crippen LogP contribution in [0.4, 0.5) is 0 Å². The van der Waals surface area contributed by atoms with Gasteiger partial charge in [-0.05, 0) is 24.2 Å². The van der Waals surface area contributed by atoms with Gasteiger partial charge in [-0.25, -0.2) is 4.79 Å². The molecule has 2 rings (SSSR count). The van der Waals surface area contributed by atoms with Gasteiger partial charge in [-0.2, -0.15) is 5.10 Å². The Bertz CT molecular complexity index is 651. The Morgan fingerprint density at radius 1 is 1.33 bits per heavy atom. The molecule has 1 aromatic carbocycles. The quantitative estimate of drug-likeness (QED) is 0.399. The maximum atomic E-state index is 11.6. The van der Waals surface area contributed by atoms with Crippen molar-refractivity contribution in [1.82, 2.24) is 5.32 Å². The number of carbonyl (C=O) groups is 2. The number of benzene rings is 1. The number of esters is 1. The molecule has 1 aromatic rings. The van der Waals surface area contributed by atoms with Gasteiger partial charge in [-0.15, -0.1) is 5.10 Å². The lowest BCUT2D eigenvalue weighted by Gasteiger charge is -1.97. The molecule has 6 nitrogen and oxygen atoms in total. The molecule has 0 unspecified atom stereocenters. The normalized spacial score (nSPS) is 19.0. The molecule has 0 aliphatic carbocycles. The first-order chi connectivity index (χ1) is 10.1. The van der Waals surface area contributed by atoms with Crippen molar-refractivity contribution < 1.29 is 14.3 Å². The van der Waals surface area contributed by atoms with Crippen molar-refractivity contribution in [3.63, 3.8) is 0 Å². The Balaban J connectivity index is 2.12. The molecule has 1 heterocycles.